The van der Waals surface area contributed by atoms with Crippen molar-refractivity contribution < 1.29 is 44.6 Å². The van der Waals surface area contributed by atoms with Crippen LogP contribution in [0.25, 0.3) is 0 Å². The van der Waals surface area contributed by atoms with E-state index >= 15 is 0 Å². The summed E-state index contributed by atoms with van der Waals surface area (Å²) < 4.78 is 11.1. The molecule has 1 saturated heterocycles. The first-order valence-corrected chi connectivity index (χ1v) is 9.84. The lowest BCUT2D eigenvalue weighted by Gasteiger charge is -2.47. The Hall–Kier alpha value is -2.34. The van der Waals surface area contributed by atoms with Crippen molar-refractivity contribution in [2.75, 3.05) is 13.2 Å². The predicted octanol–water partition coefficient (Wildman–Crippen LogP) is -1.05. The van der Waals surface area contributed by atoms with Gasteiger partial charge in [-0.2, -0.15) is 0 Å². The molecule has 1 aromatic rings. The molecule has 1 amide bonds. The van der Waals surface area contributed by atoms with Gasteiger partial charge in [-0.25, -0.2) is 4.79 Å². The van der Waals surface area contributed by atoms with Crippen LogP contribution in [0.2, 0.25) is 0 Å². The van der Waals surface area contributed by atoms with Gasteiger partial charge in [0.2, 0.25) is 5.91 Å². The van der Waals surface area contributed by atoms with Crippen LogP contribution < -0.4 is 5.32 Å². The number of amides is 1. The molecule has 0 radical (unpaired) electrons. The number of carbonyl (C=O) groups excluding carboxylic acids is 1. The average molecular weight is 439 g/mol. The van der Waals surface area contributed by atoms with Crippen molar-refractivity contribution >= 4 is 11.9 Å². The molecule has 172 valence electrons. The maximum Gasteiger partial charge on any atom is 0.369 e. The zero-order valence-corrected chi connectivity index (χ0v) is 17.2. The molecule has 31 heavy (non-hydrogen) atoms. The van der Waals surface area contributed by atoms with Crippen LogP contribution in [0.4, 0.5) is 0 Å². The van der Waals surface area contributed by atoms with Gasteiger partial charge >= 0.3 is 5.97 Å². The van der Waals surface area contributed by atoms with Crippen LogP contribution in [0.3, 0.4) is 0 Å². The lowest BCUT2D eigenvalue weighted by atomic mass is 9.85. The second-order valence-electron chi connectivity index (χ2n) is 7.38. The second-order valence-corrected chi connectivity index (χ2v) is 7.38. The number of aryl methyl sites for hydroxylation is 1. The molecule has 1 aliphatic rings. The summed E-state index contributed by atoms with van der Waals surface area (Å²) >= 11 is 0. The molecule has 0 spiro atoms. The van der Waals surface area contributed by atoms with Gasteiger partial charge in [0.15, 0.2) is 0 Å². The van der Waals surface area contributed by atoms with Crippen molar-refractivity contribution in [1.82, 2.24) is 5.32 Å². The number of aliphatic hydroxyl groups excluding tert-OH is 4. The summed E-state index contributed by atoms with van der Waals surface area (Å²) in [5, 5.41) is 52.3. The van der Waals surface area contributed by atoms with Crippen molar-refractivity contribution in [2.45, 2.75) is 56.0 Å². The molecular formula is C21H29NO9. The predicted molar refractivity (Wildman–Crippen MR) is 108 cm³/mol. The molecule has 1 fully saturated rings. The van der Waals surface area contributed by atoms with Crippen LogP contribution in [0.1, 0.15) is 18.9 Å². The third kappa shape index (κ3) is 5.67. The lowest BCUT2D eigenvalue weighted by Crippen LogP contribution is -2.68. The highest BCUT2D eigenvalue weighted by molar-refractivity contribution is 5.81. The van der Waals surface area contributed by atoms with Crippen LogP contribution in [-0.2, 0) is 25.5 Å². The number of rotatable bonds is 10. The SMILES string of the molecule is C=C1[C@H](O)[C@@H](NC(C)=O)[C@H]([C@H](O)[C@H](O)CO)O[C@@]1(OCCCc1ccccc1)C(=O)O. The zero-order chi connectivity index (χ0) is 23.2. The standard InChI is InChI=1S/C21H29NO9/c1-12-17(26)16(22-13(2)24)19(18(27)15(25)11-23)31-21(12,20(28)29)30-10-6-9-14-7-4-3-5-8-14/h3-5,7-8,15-19,23,25-27H,1,6,9-11H2,2H3,(H,22,24)(H,28,29)/t15-,16-,17+,18-,19-,21-/m1/s1. The third-order valence-electron chi connectivity index (χ3n) is 5.10. The highest BCUT2D eigenvalue weighted by atomic mass is 16.7. The fourth-order valence-corrected chi connectivity index (χ4v) is 3.45. The number of aliphatic hydroxyl groups is 4. The molecule has 0 unspecified atom stereocenters. The van der Waals surface area contributed by atoms with Gasteiger partial charge in [0.05, 0.1) is 19.3 Å². The molecule has 6 atom stereocenters. The Labute approximate surface area is 179 Å². The van der Waals surface area contributed by atoms with E-state index in [0.717, 1.165) is 12.5 Å². The van der Waals surface area contributed by atoms with Crippen LogP contribution in [-0.4, -0.2) is 86.9 Å². The van der Waals surface area contributed by atoms with Gasteiger partial charge in [-0.3, -0.25) is 4.79 Å². The first-order chi connectivity index (χ1) is 14.6. The molecule has 0 saturated carbocycles. The summed E-state index contributed by atoms with van der Waals surface area (Å²) in [5.41, 5.74) is 0.643. The molecule has 0 aliphatic carbocycles. The summed E-state index contributed by atoms with van der Waals surface area (Å²) in [7, 11) is 0. The molecule has 6 N–H and O–H groups in total. The van der Waals surface area contributed by atoms with E-state index in [0.29, 0.717) is 12.8 Å². The summed E-state index contributed by atoms with van der Waals surface area (Å²) in [6, 6.07) is 8.11. The van der Waals surface area contributed by atoms with Crippen molar-refractivity contribution in [3.05, 3.63) is 48.0 Å². The highest BCUT2D eigenvalue weighted by Gasteiger charge is 2.58. The third-order valence-corrected chi connectivity index (χ3v) is 5.10. The maximum atomic E-state index is 12.1. The number of ether oxygens (including phenoxy) is 2. The Morgan fingerprint density at radius 2 is 1.94 bits per heavy atom. The van der Waals surface area contributed by atoms with Gasteiger partial charge in [-0.15, -0.1) is 0 Å². The number of aliphatic carboxylic acids is 1. The fraction of sp³-hybridized carbons (Fsp3) is 0.524. The van der Waals surface area contributed by atoms with Crippen LogP contribution >= 0.6 is 0 Å². The van der Waals surface area contributed by atoms with Crippen molar-refractivity contribution in [3.8, 4) is 0 Å². The number of carboxylic acid groups (broad SMARTS) is 1. The number of carboxylic acids is 1. The number of nitrogens with one attached hydrogen (secondary N) is 1. The van der Waals surface area contributed by atoms with E-state index in [2.05, 4.69) is 11.9 Å². The minimum absolute atomic E-state index is 0.0803. The Kier molecular flexibility index (Phi) is 8.69. The molecule has 2 rings (SSSR count). The monoisotopic (exact) mass is 439 g/mol. The van der Waals surface area contributed by atoms with Gasteiger partial charge in [-0.1, -0.05) is 36.9 Å². The maximum absolute atomic E-state index is 12.1. The van der Waals surface area contributed by atoms with E-state index in [4.69, 9.17) is 14.6 Å². The van der Waals surface area contributed by atoms with Gasteiger partial charge in [-0.05, 0) is 18.4 Å². The van der Waals surface area contributed by atoms with Gasteiger partial charge in [0, 0.05) is 12.5 Å². The Balaban J connectivity index is 2.24. The summed E-state index contributed by atoms with van der Waals surface area (Å²) in [6.45, 7) is 3.81. The molecule has 0 aromatic heterocycles. The number of hydrogen-bond acceptors (Lipinski definition) is 8. The largest absolute Gasteiger partial charge is 0.477 e. The highest BCUT2D eigenvalue weighted by Crippen LogP contribution is 2.37. The van der Waals surface area contributed by atoms with E-state index in [9.17, 15) is 30.0 Å². The number of benzene rings is 1. The molecule has 10 heteroatoms. The van der Waals surface area contributed by atoms with E-state index in [1.54, 1.807) is 0 Å². The minimum atomic E-state index is -2.52. The van der Waals surface area contributed by atoms with Crippen molar-refractivity contribution in [2.24, 2.45) is 0 Å². The quantitative estimate of drug-likeness (QED) is 0.197. The van der Waals surface area contributed by atoms with Crippen molar-refractivity contribution in [3.63, 3.8) is 0 Å². The second kappa shape index (κ2) is 10.8. The van der Waals surface area contributed by atoms with Gasteiger partial charge in [0.1, 0.15) is 24.4 Å². The Morgan fingerprint density at radius 1 is 1.29 bits per heavy atom. The number of hydrogen-bond donors (Lipinski definition) is 6. The molecule has 0 bridgehead atoms. The average Bonchev–Trinajstić information content (AvgIpc) is 2.75. The molecule has 1 heterocycles. The van der Waals surface area contributed by atoms with Crippen LogP contribution in [0, 0.1) is 0 Å². The number of carbonyl (C=O) groups is 2. The summed E-state index contributed by atoms with van der Waals surface area (Å²) in [5.74, 6) is -4.73. The minimum Gasteiger partial charge on any atom is -0.477 e. The molecular weight excluding hydrogens is 410 g/mol. The van der Waals surface area contributed by atoms with E-state index in [1.807, 2.05) is 30.3 Å². The zero-order valence-electron chi connectivity index (χ0n) is 17.2. The molecule has 1 aromatic carbocycles. The van der Waals surface area contributed by atoms with E-state index in [1.165, 1.54) is 0 Å². The van der Waals surface area contributed by atoms with E-state index in [-0.39, 0.29) is 12.2 Å². The topological polar surface area (TPSA) is 166 Å². The smallest absolute Gasteiger partial charge is 0.369 e. The normalized spacial score (nSPS) is 28.0. The van der Waals surface area contributed by atoms with Crippen LogP contribution in [0.15, 0.2) is 42.5 Å². The summed E-state index contributed by atoms with van der Waals surface area (Å²) in [6.07, 6.45) is -5.83. The molecule has 1 aliphatic heterocycles. The van der Waals surface area contributed by atoms with E-state index < -0.39 is 54.7 Å². The van der Waals surface area contributed by atoms with Gasteiger partial charge < -0.3 is 40.3 Å². The lowest BCUT2D eigenvalue weighted by molar-refractivity contribution is -0.285. The van der Waals surface area contributed by atoms with Gasteiger partial charge in [0.25, 0.3) is 5.79 Å². The summed E-state index contributed by atoms with van der Waals surface area (Å²) in [4.78, 5) is 23.7. The Bertz CT molecular complexity index is 771. The fourth-order valence-electron chi connectivity index (χ4n) is 3.45. The van der Waals surface area contributed by atoms with Crippen LogP contribution in [0.5, 0.6) is 0 Å². The van der Waals surface area contributed by atoms with Crippen molar-refractivity contribution in [1.29, 1.82) is 0 Å². The Morgan fingerprint density at radius 3 is 2.48 bits per heavy atom. The first-order valence-electron chi connectivity index (χ1n) is 9.84. The first kappa shape index (κ1) is 24.9. The molecule has 10 nitrogen and oxygen atoms in total.